The van der Waals surface area contributed by atoms with Crippen molar-refractivity contribution in [2.24, 2.45) is 0 Å². The van der Waals surface area contributed by atoms with E-state index in [0.717, 1.165) is 42.8 Å². The monoisotopic (exact) mass is 483 g/mol. The lowest BCUT2D eigenvalue weighted by Crippen LogP contribution is -2.01. The molecule has 1 N–H and O–H groups in total. The van der Waals surface area contributed by atoms with Crippen molar-refractivity contribution < 1.29 is 13.6 Å². The van der Waals surface area contributed by atoms with Crippen LogP contribution in [0.25, 0.3) is 31.8 Å². The molecule has 0 atom stereocenters. The molecule has 0 bridgehead atoms. The third-order valence-corrected chi connectivity index (χ3v) is 7.03. The summed E-state index contributed by atoms with van der Waals surface area (Å²) in [5.41, 5.74) is 3.63. The highest BCUT2D eigenvalue weighted by Gasteiger charge is 2.18. The van der Waals surface area contributed by atoms with E-state index in [0.29, 0.717) is 24.4 Å². The molecule has 0 saturated carbocycles. The van der Waals surface area contributed by atoms with Gasteiger partial charge in [0, 0.05) is 11.1 Å². The fourth-order valence-electron chi connectivity index (χ4n) is 4.18. The molecule has 0 unspecified atom stereocenters. The molecule has 0 saturated heterocycles. The summed E-state index contributed by atoms with van der Waals surface area (Å²) in [5, 5.41) is 9.75. The minimum atomic E-state index is -0.260. The second kappa shape index (κ2) is 8.44. The van der Waals surface area contributed by atoms with Gasteiger partial charge in [-0.25, -0.2) is 14.4 Å². The average Bonchev–Trinajstić information content (AvgIpc) is 3.57. The standard InChI is InChI=1S/C26H18FN5O2S/c1-15-23-25(28-14-29-26(23)35-24(15)22-8-6-20(13-33)34-22)31-19-5-7-21-17(10-19)11-30-32(21)12-16-3-2-4-18(27)9-16/h2-11,13-14H,12H2,1H3,(H,28,29,31). The van der Waals surface area contributed by atoms with Crippen molar-refractivity contribution in [2.45, 2.75) is 13.5 Å². The number of halogens is 1. The number of rotatable bonds is 6. The quantitative estimate of drug-likeness (QED) is 0.278. The van der Waals surface area contributed by atoms with Crippen LogP contribution in [0.5, 0.6) is 0 Å². The minimum Gasteiger partial charge on any atom is -0.452 e. The number of anilines is 2. The predicted octanol–water partition coefficient (Wildman–Crippen LogP) is 6.35. The second-order valence-electron chi connectivity index (χ2n) is 8.11. The number of nitrogens with zero attached hydrogens (tertiary/aromatic N) is 4. The molecule has 172 valence electrons. The number of aromatic nitrogens is 4. The summed E-state index contributed by atoms with van der Waals surface area (Å²) in [4.78, 5) is 21.7. The number of hydrogen-bond donors (Lipinski definition) is 1. The molecular weight excluding hydrogens is 465 g/mol. The number of thiophene rings is 1. The molecular formula is C26H18FN5O2S. The fourth-order valence-corrected chi connectivity index (χ4v) is 5.29. The molecule has 0 aliphatic carbocycles. The van der Waals surface area contributed by atoms with Gasteiger partial charge in [0.15, 0.2) is 12.0 Å². The highest BCUT2D eigenvalue weighted by atomic mass is 32.1. The number of hydrogen-bond acceptors (Lipinski definition) is 7. The first kappa shape index (κ1) is 21.2. The van der Waals surface area contributed by atoms with Gasteiger partial charge in [-0.1, -0.05) is 12.1 Å². The lowest BCUT2D eigenvalue weighted by atomic mass is 10.1. The minimum absolute atomic E-state index is 0.260. The largest absolute Gasteiger partial charge is 0.452 e. The van der Waals surface area contributed by atoms with E-state index in [9.17, 15) is 9.18 Å². The van der Waals surface area contributed by atoms with E-state index in [-0.39, 0.29) is 11.6 Å². The van der Waals surface area contributed by atoms with Gasteiger partial charge in [0.2, 0.25) is 0 Å². The van der Waals surface area contributed by atoms with Crippen molar-refractivity contribution in [3.05, 3.63) is 89.8 Å². The van der Waals surface area contributed by atoms with Crippen LogP contribution < -0.4 is 5.32 Å². The van der Waals surface area contributed by atoms with Crippen LogP contribution in [0.2, 0.25) is 0 Å². The number of aryl methyl sites for hydroxylation is 1. The van der Waals surface area contributed by atoms with Gasteiger partial charge in [-0.3, -0.25) is 9.48 Å². The van der Waals surface area contributed by atoms with Crippen LogP contribution in [-0.2, 0) is 6.54 Å². The first-order valence-electron chi connectivity index (χ1n) is 10.9. The number of aldehydes is 1. The summed E-state index contributed by atoms with van der Waals surface area (Å²) in [6.07, 6.45) is 4.01. The topological polar surface area (TPSA) is 85.8 Å². The predicted molar refractivity (Wildman–Crippen MR) is 134 cm³/mol. The van der Waals surface area contributed by atoms with Gasteiger partial charge in [-0.05, 0) is 60.5 Å². The SMILES string of the molecule is Cc1c(-c2ccc(C=O)o2)sc2ncnc(Nc3ccc4c(cnn4Cc4cccc(F)c4)c3)c12. The molecule has 35 heavy (non-hydrogen) atoms. The van der Waals surface area contributed by atoms with Crippen LogP contribution >= 0.6 is 11.3 Å². The van der Waals surface area contributed by atoms with Crippen LogP contribution in [0.3, 0.4) is 0 Å². The average molecular weight is 484 g/mol. The van der Waals surface area contributed by atoms with Crippen LogP contribution in [0.1, 0.15) is 21.7 Å². The Labute approximate surface area is 202 Å². The van der Waals surface area contributed by atoms with Crippen molar-refractivity contribution in [2.75, 3.05) is 5.32 Å². The number of nitrogens with one attached hydrogen (secondary N) is 1. The van der Waals surface area contributed by atoms with Crippen LogP contribution in [0, 0.1) is 12.7 Å². The Kier molecular flexibility index (Phi) is 5.11. The van der Waals surface area contributed by atoms with E-state index in [1.165, 1.54) is 29.8 Å². The Morgan fingerprint density at radius 1 is 1.14 bits per heavy atom. The van der Waals surface area contributed by atoms with Crippen molar-refractivity contribution in [3.8, 4) is 10.6 Å². The molecule has 9 heteroatoms. The lowest BCUT2D eigenvalue weighted by molar-refractivity contribution is 0.110. The Morgan fingerprint density at radius 2 is 2.06 bits per heavy atom. The van der Waals surface area contributed by atoms with Gasteiger partial charge in [-0.15, -0.1) is 11.3 Å². The molecule has 6 aromatic rings. The molecule has 0 radical (unpaired) electrons. The Bertz CT molecular complexity index is 1720. The summed E-state index contributed by atoms with van der Waals surface area (Å²) in [5.74, 6) is 1.34. The number of furan rings is 1. The van der Waals surface area contributed by atoms with E-state index in [4.69, 9.17) is 4.42 Å². The first-order chi connectivity index (χ1) is 17.1. The summed E-state index contributed by atoms with van der Waals surface area (Å²) in [6.45, 7) is 2.47. The Hall–Kier alpha value is -4.37. The van der Waals surface area contributed by atoms with E-state index in [1.54, 1.807) is 24.4 Å². The first-order valence-corrected chi connectivity index (χ1v) is 11.7. The van der Waals surface area contributed by atoms with Crippen molar-refractivity contribution in [3.63, 3.8) is 0 Å². The third kappa shape index (κ3) is 3.85. The van der Waals surface area contributed by atoms with Crippen LogP contribution in [0.4, 0.5) is 15.9 Å². The third-order valence-electron chi connectivity index (χ3n) is 5.82. The van der Waals surface area contributed by atoms with E-state index in [2.05, 4.69) is 20.4 Å². The van der Waals surface area contributed by atoms with Crippen LogP contribution in [-0.4, -0.2) is 26.0 Å². The number of benzene rings is 2. The molecule has 0 aliphatic heterocycles. The zero-order valence-electron chi connectivity index (χ0n) is 18.5. The lowest BCUT2D eigenvalue weighted by Gasteiger charge is -2.08. The van der Waals surface area contributed by atoms with Gasteiger partial charge in [0.1, 0.15) is 28.6 Å². The molecule has 7 nitrogen and oxygen atoms in total. The summed E-state index contributed by atoms with van der Waals surface area (Å²) < 4.78 is 21.0. The highest BCUT2D eigenvalue weighted by molar-refractivity contribution is 7.22. The van der Waals surface area contributed by atoms with Crippen molar-refractivity contribution >= 4 is 50.2 Å². The summed E-state index contributed by atoms with van der Waals surface area (Å²) in [7, 11) is 0. The normalized spacial score (nSPS) is 11.4. The van der Waals surface area contributed by atoms with E-state index < -0.39 is 0 Å². The molecule has 0 spiro atoms. The Morgan fingerprint density at radius 3 is 2.89 bits per heavy atom. The zero-order valence-corrected chi connectivity index (χ0v) is 19.3. The Balaban J connectivity index is 1.33. The summed E-state index contributed by atoms with van der Waals surface area (Å²) in [6, 6.07) is 15.9. The maximum atomic E-state index is 13.6. The number of fused-ring (bicyclic) bond motifs is 2. The second-order valence-corrected chi connectivity index (χ2v) is 9.11. The molecule has 6 rings (SSSR count). The molecule has 0 fully saturated rings. The zero-order chi connectivity index (χ0) is 23.9. The summed E-state index contributed by atoms with van der Waals surface area (Å²) >= 11 is 1.49. The van der Waals surface area contributed by atoms with Gasteiger partial charge in [-0.2, -0.15) is 5.10 Å². The molecule has 4 heterocycles. The van der Waals surface area contributed by atoms with Gasteiger partial charge >= 0.3 is 0 Å². The number of carbonyl (C=O) groups is 1. The van der Waals surface area contributed by atoms with Crippen molar-refractivity contribution in [1.82, 2.24) is 19.7 Å². The van der Waals surface area contributed by atoms with Crippen molar-refractivity contribution in [1.29, 1.82) is 0 Å². The molecule has 0 amide bonds. The van der Waals surface area contributed by atoms with E-state index >= 15 is 0 Å². The molecule has 2 aromatic carbocycles. The van der Waals surface area contributed by atoms with Crippen LogP contribution in [0.15, 0.2) is 71.5 Å². The smallest absolute Gasteiger partial charge is 0.185 e. The maximum absolute atomic E-state index is 13.6. The van der Waals surface area contributed by atoms with Gasteiger partial charge < -0.3 is 9.73 Å². The number of carbonyl (C=O) groups excluding carboxylic acids is 1. The highest BCUT2D eigenvalue weighted by Crippen LogP contribution is 2.40. The maximum Gasteiger partial charge on any atom is 0.185 e. The van der Waals surface area contributed by atoms with Gasteiger partial charge in [0.05, 0.1) is 28.5 Å². The molecule has 4 aromatic heterocycles. The van der Waals surface area contributed by atoms with Gasteiger partial charge in [0.25, 0.3) is 0 Å². The molecule has 0 aliphatic rings. The fraction of sp³-hybridized carbons (Fsp3) is 0.0769. The van der Waals surface area contributed by atoms with E-state index in [1.807, 2.05) is 35.9 Å².